The summed E-state index contributed by atoms with van der Waals surface area (Å²) in [4.78, 5) is 34.3. The third kappa shape index (κ3) is 3.63. The maximum Gasteiger partial charge on any atom is 0.354 e. The number of H-pyrrole nitrogens is 1. The monoisotopic (exact) mass is 395 g/mol. The molecule has 3 heterocycles. The molecule has 1 atom stereocenters. The van der Waals surface area contributed by atoms with Crippen molar-refractivity contribution < 1.29 is 9.53 Å². The number of hydrogen-bond donors (Lipinski definition) is 2. The molecule has 1 aliphatic rings. The summed E-state index contributed by atoms with van der Waals surface area (Å²) in [5, 5.41) is 0. The number of methoxy groups -OCH3 is 1. The van der Waals surface area contributed by atoms with Gasteiger partial charge in [0.05, 0.1) is 19.2 Å². The standard InChI is InChI=1S/C21H25N5O3/c1-13-6-3-4-7-14(13)11-26-18-16(10-17(20(28)29-2)23-19(18)27)24-21(26)25-9-5-8-15(22)12-25/h3-4,6-7,10,15H,5,8-9,11-12,22H2,1-2H3,(H,23,27)/t15-/m1/s1. The molecule has 0 radical (unpaired) electrons. The van der Waals surface area contributed by atoms with Gasteiger partial charge in [0.2, 0.25) is 5.95 Å². The van der Waals surface area contributed by atoms with E-state index in [9.17, 15) is 9.59 Å². The van der Waals surface area contributed by atoms with Crippen LogP contribution in [-0.2, 0) is 11.3 Å². The molecule has 1 aliphatic heterocycles. The Morgan fingerprint density at radius 1 is 1.38 bits per heavy atom. The van der Waals surface area contributed by atoms with Gasteiger partial charge in [-0.1, -0.05) is 24.3 Å². The van der Waals surface area contributed by atoms with E-state index >= 15 is 0 Å². The number of nitrogens with zero attached hydrogens (tertiary/aromatic N) is 3. The van der Waals surface area contributed by atoms with E-state index in [1.807, 2.05) is 35.8 Å². The molecule has 152 valence electrons. The van der Waals surface area contributed by atoms with Crippen LogP contribution >= 0.6 is 0 Å². The lowest BCUT2D eigenvalue weighted by molar-refractivity contribution is 0.0594. The van der Waals surface area contributed by atoms with Crippen LogP contribution < -0.4 is 16.2 Å². The average Bonchev–Trinajstić information content (AvgIpc) is 3.08. The van der Waals surface area contributed by atoms with E-state index in [2.05, 4.69) is 9.88 Å². The van der Waals surface area contributed by atoms with E-state index in [1.165, 1.54) is 7.11 Å². The van der Waals surface area contributed by atoms with Crippen molar-refractivity contribution in [1.29, 1.82) is 0 Å². The van der Waals surface area contributed by atoms with Crippen molar-refractivity contribution in [3.8, 4) is 0 Å². The third-order valence-electron chi connectivity index (χ3n) is 5.45. The summed E-state index contributed by atoms with van der Waals surface area (Å²) < 4.78 is 6.67. The van der Waals surface area contributed by atoms with Crippen LogP contribution in [0.1, 0.15) is 34.5 Å². The first-order valence-corrected chi connectivity index (χ1v) is 9.75. The molecule has 0 spiro atoms. The molecular weight excluding hydrogens is 370 g/mol. The lowest BCUT2D eigenvalue weighted by Crippen LogP contribution is -2.44. The molecule has 4 rings (SSSR count). The predicted octanol–water partition coefficient (Wildman–Crippen LogP) is 1.80. The highest BCUT2D eigenvalue weighted by molar-refractivity contribution is 5.91. The van der Waals surface area contributed by atoms with E-state index in [-0.39, 0.29) is 17.3 Å². The minimum Gasteiger partial charge on any atom is -0.464 e. The Kier molecular flexibility index (Phi) is 5.10. The zero-order chi connectivity index (χ0) is 20.5. The van der Waals surface area contributed by atoms with E-state index < -0.39 is 5.97 Å². The molecule has 1 saturated heterocycles. The molecule has 0 aliphatic carbocycles. The number of hydrogen-bond acceptors (Lipinski definition) is 6. The number of esters is 1. The van der Waals surface area contributed by atoms with Gasteiger partial charge >= 0.3 is 5.97 Å². The maximum absolute atomic E-state index is 12.9. The Bertz CT molecular complexity index is 1120. The Hall–Kier alpha value is -3.13. The second-order valence-corrected chi connectivity index (χ2v) is 7.51. The Labute approximate surface area is 168 Å². The molecule has 0 unspecified atom stereocenters. The number of pyridine rings is 1. The minimum atomic E-state index is -0.598. The first-order valence-electron chi connectivity index (χ1n) is 9.75. The molecule has 0 bridgehead atoms. The summed E-state index contributed by atoms with van der Waals surface area (Å²) in [5.74, 6) is 0.102. The van der Waals surface area contributed by atoms with Crippen molar-refractivity contribution in [3.05, 3.63) is 57.5 Å². The van der Waals surface area contributed by atoms with Gasteiger partial charge in [-0.15, -0.1) is 0 Å². The highest BCUT2D eigenvalue weighted by Gasteiger charge is 2.25. The van der Waals surface area contributed by atoms with Crippen LogP contribution in [-0.4, -0.2) is 46.7 Å². The van der Waals surface area contributed by atoms with Crippen LogP contribution in [0.5, 0.6) is 0 Å². The van der Waals surface area contributed by atoms with Gasteiger partial charge in [-0.25, -0.2) is 9.78 Å². The third-order valence-corrected chi connectivity index (χ3v) is 5.45. The van der Waals surface area contributed by atoms with E-state index in [0.29, 0.717) is 30.1 Å². The van der Waals surface area contributed by atoms with E-state index in [4.69, 9.17) is 15.5 Å². The van der Waals surface area contributed by atoms with Gasteiger partial charge in [-0.2, -0.15) is 0 Å². The van der Waals surface area contributed by atoms with Crippen LogP contribution in [0.15, 0.2) is 35.1 Å². The number of carbonyl (C=O) groups excluding carboxylic acids is 1. The number of imidazole rings is 1. The Morgan fingerprint density at radius 3 is 2.90 bits per heavy atom. The van der Waals surface area contributed by atoms with Gasteiger partial charge in [-0.05, 0) is 37.0 Å². The second kappa shape index (κ2) is 7.71. The van der Waals surface area contributed by atoms with Crippen LogP contribution in [0, 0.1) is 6.92 Å². The smallest absolute Gasteiger partial charge is 0.354 e. The fourth-order valence-electron chi connectivity index (χ4n) is 3.91. The van der Waals surface area contributed by atoms with Gasteiger partial charge in [-0.3, -0.25) is 4.79 Å². The molecule has 0 saturated carbocycles. The number of piperidine rings is 1. The van der Waals surface area contributed by atoms with Crippen molar-refractivity contribution in [2.75, 3.05) is 25.1 Å². The lowest BCUT2D eigenvalue weighted by atomic mass is 10.1. The number of aryl methyl sites for hydroxylation is 1. The van der Waals surface area contributed by atoms with Crippen LogP contribution in [0.25, 0.3) is 11.0 Å². The van der Waals surface area contributed by atoms with Crippen LogP contribution in [0.4, 0.5) is 5.95 Å². The normalized spacial score (nSPS) is 16.9. The lowest BCUT2D eigenvalue weighted by Gasteiger charge is -2.32. The fraction of sp³-hybridized carbons (Fsp3) is 0.381. The van der Waals surface area contributed by atoms with Gasteiger partial charge in [0.25, 0.3) is 5.56 Å². The number of ether oxygens (including phenoxy) is 1. The van der Waals surface area contributed by atoms with Crippen molar-refractivity contribution in [1.82, 2.24) is 14.5 Å². The summed E-state index contributed by atoms with van der Waals surface area (Å²) in [5.41, 5.74) is 9.06. The van der Waals surface area contributed by atoms with Gasteiger partial charge in [0, 0.05) is 19.1 Å². The number of nitrogens with one attached hydrogen (secondary N) is 1. The van der Waals surface area contributed by atoms with Gasteiger partial charge in [0.1, 0.15) is 11.2 Å². The first-order chi connectivity index (χ1) is 14.0. The Balaban J connectivity index is 1.89. The van der Waals surface area contributed by atoms with Gasteiger partial charge < -0.3 is 24.9 Å². The molecule has 29 heavy (non-hydrogen) atoms. The van der Waals surface area contributed by atoms with E-state index in [1.54, 1.807) is 6.07 Å². The number of aromatic nitrogens is 3. The summed E-state index contributed by atoms with van der Waals surface area (Å²) in [7, 11) is 1.28. The second-order valence-electron chi connectivity index (χ2n) is 7.51. The number of rotatable bonds is 4. The zero-order valence-electron chi connectivity index (χ0n) is 16.6. The fourth-order valence-corrected chi connectivity index (χ4v) is 3.91. The van der Waals surface area contributed by atoms with E-state index in [0.717, 1.165) is 30.5 Å². The van der Waals surface area contributed by atoms with Crippen molar-refractivity contribution >= 4 is 23.0 Å². The van der Waals surface area contributed by atoms with Crippen molar-refractivity contribution in [2.24, 2.45) is 5.73 Å². The molecular formula is C21H25N5O3. The summed E-state index contributed by atoms with van der Waals surface area (Å²) >= 11 is 0. The maximum atomic E-state index is 12.9. The average molecular weight is 395 g/mol. The SMILES string of the molecule is COC(=O)c1cc2nc(N3CCC[C@@H](N)C3)n(Cc3ccccc3C)c2c(=O)[nH]1. The summed E-state index contributed by atoms with van der Waals surface area (Å²) in [6.07, 6.45) is 1.94. The number of aromatic amines is 1. The number of fused-ring (bicyclic) bond motifs is 1. The molecule has 3 N–H and O–H groups in total. The van der Waals surface area contributed by atoms with Crippen LogP contribution in [0.3, 0.4) is 0 Å². The van der Waals surface area contributed by atoms with Crippen molar-refractivity contribution in [2.45, 2.75) is 32.4 Å². The molecule has 0 amide bonds. The van der Waals surface area contributed by atoms with Crippen LogP contribution in [0.2, 0.25) is 0 Å². The number of anilines is 1. The molecule has 2 aromatic heterocycles. The molecule has 3 aromatic rings. The highest BCUT2D eigenvalue weighted by Crippen LogP contribution is 2.25. The molecule has 8 nitrogen and oxygen atoms in total. The number of carbonyl (C=O) groups is 1. The number of benzene rings is 1. The zero-order valence-corrected chi connectivity index (χ0v) is 16.6. The largest absolute Gasteiger partial charge is 0.464 e. The van der Waals surface area contributed by atoms with Crippen molar-refractivity contribution in [3.63, 3.8) is 0 Å². The Morgan fingerprint density at radius 2 is 2.17 bits per heavy atom. The topological polar surface area (TPSA) is 106 Å². The predicted molar refractivity (Wildman–Crippen MR) is 111 cm³/mol. The summed E-state index contributed by atoms with van der Waals surface area (Å²) in [6, 6.07) is 9.71. The molecule has 1 fully saturated rings. The number of nitrogens with two attached hydrogens (primary N) is 1. The molecule has 1 aromatic carbocycles. The minimum absolute atomic E-state index is 0.0689. The molecule has 8 heteroatoms. The summed E-state index contributed by atoms with van der Waals surface area (Å²) in [6.45, 7) is 4.06. The highest BCUT2D eigenvalue weighted by atomic mass is 16.5. The van der Waals surface area contributed by atoms with Gasteiger partial charge in [0.15, 0.2) is 0 Å². The quantitative estimate of drug-likeness (QED) is 0.653. The first kappa shape index (κ1) is 19.2.